The number of nitrogens with zero attached hydrogens (tertiary/aromatic N) is 7. The summed E-state index contributed by atoms with van der Waals surface area (Å²) in [6, 6.07) is 1.73. The smallest absolute Gasteiger partial charge is 0.258 e. The molecule has 1 amide bonds. The summed E-state index contributed by atoms with van der Waals surface area (Å²) >= 11 is 6.43. The van der Waals surface area contributed by atoms with E-state index in [9.17, 15) is 13.6 Å². The highest BCUT2D eigenvalue weighted by Gasteiger charge is 2.41. The van der Waals surface area contributed by atoms with Crippen LogP contribution in [-0.2, 0) is 11.8 Å². The molecule has 1 aliphatic heterocycles. The van der Waals surface area contributed by atoms with E-state index in [4.69, 9.17) is 17.3 Å². The Morgan fingerprint density at radius 2 is 2.11 bits per heavy atom. The van der Waals surface area contributed by atoms with E-state index in [1.165, 1.54) is 11.0 Å². The Labute approximate surface area is 203 Å². The third-order valence-corrected chi connectivity index (χ3v) is 6.38. The number of aryl methyl sites for hydroxylation is 1. The molecule has 35 heavy (non-hydrogen) atoms. The molecule has 0 spiro atoms. The van der Waals surface area contributed by atoms with Crippen LogP contribution in [0.2, 0.25) is 5.02 Å². The number of aromatic nitrogens is 6. The average Bonchev–Trinajstić information content (AvgIpc) is 3.53. The number of benzene rings is 1. The maximum atomic E-state index is 13.7. The van der Waals surface area contributed by atoms with Gasteiger partial charge in [-0.15, -0.1) is 0 Å². The second-order valence-electron chi connectivity index (χ2n) is 8.16. The molecular formula is C23H19ClF2N8O. The Hall–Kier alpha value is -4.04. The van der Waals surface area contributed by atoms with Crippen molar-refractivity contribution in [1.82, 2.24) is 34.2 Å². The van der Waals surface area contributed by atoms with Gasteiger partial charge in [0.15, 0.2) is 5.65 Å². The lowest BCUT2D eigenvalue weighted by Crippen LogP contribution is -2.38. The Morgan fingerprint density at radius 3 is 2.86 bits per heavy atom. The number of rotatable bonds is 3. The predicted octanol–water partition coefficient (Wildman–Crippen LogP) is 2.94. The van der Waals surface area contributed by atoms with Crippen LogP contribution in [0, 0.1) is 11.8 Å². The number of halogens is 3. The van der Waals surface area contributed by atoms with Gasteiger partial charge in [0, 0.05) is 19.2 Å². The van der Waals surface area contributed by atoms with Gasteiger partial charge in [0.2, 0.25) is 5.91 Å². The van der Waals surface area contributed by atoms with Gasteiger partial charge in [0.05, 0.1) is 39.9 Å². The van der Waals surface area contributed by atoms with Crippen LogP contribution in [0.15, 0.2) is 37.4 Å². The number of fused-ring (bicyclic) bond motifs is 2. The lowest BCUT2D eigenvalue weighted by Gasteiger charge is -2.21. The van der Waals surface area contributed by atoms with Crippen molar-refractivity contribution in [3.63, 3.8) is 0 Å². The Balaban J connectivity index is 1.58. The molecule has 4 aromatic rings. The summed E-state index contributed by atoms with van der Waals surface area (Å²) in [4.78, 5) is 25.9. The number of hydrogen-bond donors (Lipinski definition) is 1. The molecule has 0 saturated carbocycles. The van der Waals surface area contributed by atoms with Crippen LogP contribution < -0.4 is 5.73 Å². The first kappa shape index (κ1) is 22.7. The molecule has 1 aromatic carbocycles. The summed E-state index contributed by atoms with van der Waals surface area (Å²) in [7, 11) is 1.87. The normalized spacial score (nSPS) is 17.8. The van der Waals surface area contributed by atoms with E-state index in [-0.39, 0.29) is 24.5 Å². The number of nitrogens with two attached hydrogens (primary N) is 1. The van der Waals surface area contributed by atoms with Crippen LogP contribution in [0.3, 0.4) is 0 Å². The first-order valence-electron chi connectivity index (χ1n) is 10.6. The van der Waals surface area contributed by atoms with Gasteiger partial charge in [-0.3, -0.25) is 4.79 Å². The van der Waals surface area contributed by atoms with Gasteiger partial charge in [-0.2, -0.15) is 5.10 Å². The minimum atomic E-state index is -2.71. The summed E-state index contributed by atoms with van der Waals surface area (Å²) in [6.07, 6.45) is 1.25. The van der Waals surface area contributed by atoms with Crippen LogP contribution in [0.4, 0.5) is 14.6 Å². The Bertz CT molecular complexity index is 1550. The highest BCUT2D eigenvalue weighted by Crippen LogP contribution is 2.34. The molecule has 1 saturated heterocycles. The van der Waals surface area contributed by atoms with Crippen molar-refractivity contribution in [2.75, 3.05) is 12.3 Å². The van der Waals surface area contributed by atoms with E-state index in [1.54, 1.807) is 18.5 Å². The summed E-state index contributed by atoms with van der Waals surface area (Å²) in [5.41, 5.74) is 8.86. The van der Waals surface area contributed by atoms with E-state index >= 15 is 0 Å². The quantitative estimate of drug-likeness (QED) is 0.345. The van der Waals surface area contributed by atoms with Gasteiger partial charge in [0.25, 0.3) is 6.43 Å². The number of hydrogen-bond acceptors (Lipinski definition) is 6. The van der Waals surface area contributed by atoms with Crippen molar-refractivity contribution >= 4 is 45.4 Å². The van der Waals surface area contributed by atoms with Gasteiger partial charge in [-0.25, -0.2) is 28.4 Å². The molecule has 0 aliphatic carbocycles. The van der Waals surface area contributed by atoms with Crippen molar-refractivity contribution in [3.8, 4) is 11.8 Å². The number of likely N-dealkylation sites (tertiary alicyclic amines) is 1. The molecule has 178 valence electrons. The maximum absolute atomic E-state index is 13.7. The van der Waals surface area contributed by atoms with E-state index in [2.05, 4.69) is 38.5 Å². The lowest BCUT2D eigenvalue weighted by molar-refractivity contribution is -0.129. The number of alkyl halides is 2. The number of carbonyl (C=O) groups excluding carboxylic acids is 1. The van der Waals surface area contributed by atoms with E-state index < -0.39 is 24.4 Å². The molecule has 4 heterocycles. The van der Waals surface area contributed by atoms with E-state index in [0.717, 1.165) is 22.0 Å². The van der Waals surface area contributed by atoms with Gasteiger partial charge >= 0.3 is 0 Å². The molecule has 0 bridgehead atoms. The van der Waals surface area contributed by atoms with Crippen molar-refractivity contribution in [3.05, 3.63) is 53.7 Å². The van der Waals surface area contributed by atoms with Crippen molar-refractivity contribution in [2.45, 2.75) is 24.9 Å². The predicted molar refractivity (Wildman–Crippen MR) is 127 cm³/mol. The third-order valence-electron chi connectivity index (χ3n) is 6.06. The van der Waals surface area contributed by atoms with E-state index in [1.807, 2.05) is 11.6 Å². The fourth-order valence-corrected chi connectivity index (χ4v) is 4.54. The Kier molecular flexibility index (Phi) is 5.61. The molecule has 0 radical (unpaired) electrons. The van der Waals surface area contributed by atoms with Gasteiger partial charge < -0.3 is 15.2 Å². The van der Waals surface area contributed by atoms with Gasteiger partial charge in [0.1, 0.15) is 17.8 Å². The topological polar surface area (TPSA) is 108 Å². The van der Waals surface area contributed by atoms with Crippen LogP contribution in [0.1, 0.15) is 23.7 Å². The molecule has 1 fully saturated rings. The molecule has 0 unspecified atom stereocenters. The number of carbonyl (C=O) groups is 1. The molecule has 12 heteroatoms. The fourth-order valence-electron chi connectivity index (χ4n) is 4.34. The monoisotopic (exact) mass is 496 g/mol. The molecule has 3 aromatic heterocycles. The van der Waals surface area contributed by atoms with Gasteiger partial charge in [-0.1, -0.05) is 24.1 Å². The van der Waals surface area contributed by atoms with Crippen LogP contribution >= 0.6 is 11.6 Å². The number of imidazole rings is 1. The molecule has 1 aliphatic rings. The summed E-state index contributed by atoms with van der Waals surface area (Å²) in [5.74, 6) is 5.56. The SMILES string of the molecule is C=CC(=O)N1C[C@@H](n2nc(C#Cc3cc4ncn(C)c4cc3Cl)c3c(N)ncnc32)C[C@@H]1C(F)F. The first-order valence-corrected chi connectivity index (χ1v) is 11.0. The van der Waals surface area contributed by atoms with Crippen LogP contribution in [0.5, 0.6) is 0 Å². The minimum Gasteiger partial charge on any atom is -0.383 e. The van der Waals surface area contributed by atoms with Crippen LogP contribution in [0.25, 0.3) is 22.1 Å². The second-order valence-corrected chi connectivity index (χ2v) is 8.57. The zero-order chi connectivity index (χ0) is 24.9. The number of nitrogen functional groups attached to an aromatic ring is 1. The van der Waals surface area contributed by atoms with Crippen molar-refractivity contribution < 1.29 is 13.6 Å². The molecule has 2 N–H and O–H groups in total. The lowest BCUT2D eigenvalue weighted by atomic mass is 10.1. The zero-order valence-corrected chi connectivity index (χ0v) is 19.2. The molecule has 5 rings (SSSR count). The van der Waals surface area contributed by atoms with Gasteiger partial charge in [-0.05, 0) is 30.6 Å². The summed E-state index contributed by atoms with van der Waals surface area (Å²) in [5, 5.41) is 5.39. The first-order chi connectivity index (χ1) is 16.8. The highest BCUT2D eigenvalue weighted by molar-refractivity contribution is 6.32. The average molecular weight is 497 g/mol. The van der Waals surface area contributed by atoms with Crippen LogP contribution in [-0.4, -0.2) is 59.1 Å². The standard InChI is InChI=1S/C23H19ClF2N8O/c1-3-19(35)33-9-13(7-18(33)21(25)26)34-23-20(22(27)28-10-29-23)15(31-34)5-4-12-6-16-17(8-14(12)24)32(2)11-30-16/h3,6,8,10-11,13,18,21H,1,7,9H2,2H3,(H2,27,28,29)/t13-,18+/m0/s1. The third kappa shape index (κ3) is 3.85. The largest absolute Gasteiger partial charge is 0.383 e. The number of amides is 1. The fraction of sp³-hybridized carbons (Fsp3) is 0.261. The zero-order valence-electron chi connectivity index (χ0n) is 18.5. The molecular weight excluding hydrogens is 478 g/mol. The maximum Gasteiger partial charge on any atom is 0.258 e. The minimum absolute atomic E-state index is 0.00697. The summed E-state index contributed by atoms with van der Waals surface area (Å²) in [6.45, 7) is 3.44. The summed E-state index contributed by atoms with van der Waals surface area (Å²) < 4.78 is 30.7. The van der Waals surface area contributed by atoms with E-state index in [0.29, 0.717) is 21.6 Å². The second kappa shape index (κ2) is 8.63. The molecule has 2 atom stereocenters. The highest BCUT2D eigenvalue weighted by atomic mass is 35.5. The number of anilines is 1. The van der Waals surface area contributed by atoms with Crippen molar-refractivity contribution in [1.29, 1.82) is 0 Å². The van der Waals surface area contributed by atoms with Crippen molar-refractivity contribution in [2.24, 2.45) is 7.05 Å². The molecule has 9 nitrogen and oxygen atoms in total. The Morgan fingerprint density at radius 1 is 1.31 bits per heavy atom.